The highest BCUT2D eigenvalue weighted by Crippen LogP contribution is 2.13. The zero-order chi connectivity index (χ0) is 14.3. The smallest absolute Gasteiger partial charge is 0.225 e. The van der Waals surface area contributed by atoms with E-state index in [4.69, 9.17) is 5.11 Å². The molecule has 1 amide bonds. The van der Waals surface area contributed by atoms with E-state index in [2.05, 4.69) is 17.2 Å². The third kappa shape index (κ3) is 5.58. The third-order valence-corrected chi connectivity index (χ3v) is 2.53. The highest BCUT2D eigenvalue weighted by atomic mass is 16.2. The van der Waals surface area contributed by atoms with Crippen LogP contribution in [0.3, 0.4) is 0 Å². The van der Waals surface area contributed by atoms with Crippen LogP contribution < -0.4 is 5.32 Å². The molecule has 0 atom stereocenters. The van der Waals surface area contributed by atoms with E-state index in [1.165, 1.54) is 0 Å². The average molecular weight is 259 g/mol. The Morgan fingerprint density at radius 1 is 1.37 bits per heavy atom. The van der Waals surface area contributed by atoms with Crippen molar-refractivity contribution in [3.63, 3.8) is 0 Å². The molecule has 0 fully saturated rings. The van der Waals surface area contributed by atoms with Gasteiger partial charge >= 0.3 is 0 Å². The molecule has 0 unspecified atom stereocenters. The predicted octanol–water partition coefficient (Wildman–Crippen LogP) is 2.08. The quantitative estimate of drug-likeness (QED) is 0.817. The van der Waals surface area contributed by atoms with Gasteiger partial charge in [0.15, 0.2) is 0 Å². The molecule has 0 radical (unpaired) electrons. The minimum Gasteiger partial charge on any atom is -0.395 e. The Labute approximate surface area is 115 Å². The van der Waals surface area contributed by atoms with Crippen molar-refractivity contribution in [2.24, 2.45) is 5.41 Å². The van der Waals surface area contributed by atoms with Crippen LogP contribution in [-0.2, 0) is 11.3 Å². The molecule has 0 aromatic heterocycles. The van der Waals surface area contributed by atoms with Gasteiger partial charge in [0.1, 0.15) is 0 Å². The van der Waals surface area contributed by atoms with Crippen LogP contribution in [0.25, 0.3) is 0 Å². The first kappa shape index (κ1) is 15.3. The van der Waals surface area contributed by atoms with Crippen molar-refractivity contribution in [3.05, 3.63) is 35.4 Å². The van der Waals surface area contributed by atoms with Crippen LogP contribution in [0.15, 0.2) is 24.3 Å². The number of aliphatic hydroxyl groups excluding tert-OH is 1. The van der Waals surface area contributed by atoms with Crippen LogP contribution in [0.4, 0.5) is 0 Å². The van der Waals surface area contributed by atoms with Gasteiger partial charge in [0.25, 0.3) is 0 Å². The van der Waals surface area contributed by atoms with Crippen LogP contribution in [-0.4, -0.2) is 17.6 Å². The van der Waals surface area contributed by atoms with Gasteiger partial charge in [-0.05, 0) is 17.7 Å². The summed E-state index contributed by atoms with van der Waals surface area (Å²) >= 11 is 0. The Hall–Kier alpha value is -1.79. The SMILES string of the molecule is CC(C)(C)C(=O)NCc1cccc(C#CCCO)c1. The molecular weight excluding hydrogens is 238 g/mol. The lowest BCUT2D eigenvalue weighted by atomic mass is 9.95. The summed E-state index contributed by atoms with van der Waals surface area (Å²) in [4.78, 5) is 11.8. The van der Waals surface area contributed by atoms with Gasteiger partial charge in [-0.1, -0.05) is 44.7 Å². The topological polar surface area (TPSA) is 49.3 Å². The fourth-order valence-electron chi connectivity index (χ4n) is 1.43. The second kappa shape index (κ2) is 6.96. The molecule has 0 aliphatic heterocycles. The highest BCUT2D eigenvalue weighted by molar-refractivity contribution is 5.81. The second-order valence-electron chi connectivity index (χ2n) is 5.41. The molecule has 1 aromatic carbocycles. The molecule has 19 heavy (non-hydrogen) atoms. The highest BCUT2D eigenvalue weighted by Gasteiger charge is 2.20. The molecule has 2 N–H and O–H groups in total. The summed E-state index contributed by atoms with van der Waals surface area (Å²) in [7, 11) is 0. The summed E-state index contributed by atoms with van der Waals surface area (Å²) in [6.07, 6.45) is 0.477. The third-order valence-electron chi connectivity index (χ3n) is 2.53. The van der Waals surface area contributed by atoms with E-state index in [9.17, 15) is 4.79 Å². The van der Waals surface area contributed by atoms with Crippen LogP contribution in [0, 0.1) is 17.3 Å². The van der Waals surface area contributed by atoms with Crippen LogP contribution in [0.5, 0.6) is 0 Å². The van der Waals surface area contributed by atoms with Crippen molar-refractivity contribution in [1.29, 1.82) is 0 Å². The van der Waals surface area contributed by atoms with Gasteiger partial charge in [-0.2, -0.15) is 0 Å². The van der Waals surface area contributed by atoms with E-state index in [0.29, 0.717) is 13.0 Å². The average Bonchev–Trinajstić information content (AvgIpc) is 2.35. The molecule has 3 nitrogen and oxygen atoms in total. The summed E-state index contributed by atoms with van der Waals surface area (Å²) in [6.45, 7) is 6.25. The molecule has 0 bridgehead atoms. The maximum absolute atomic E-state index is 11.8. The van der Waals surface area contributed by atoms with E-state index in [1.54, 1.807) is 0 Å². The largest absolute Gasteiger partial charge is 0.395 e. The molecule has 0 aliphatic carbocycles. The fraction of sp³-hybridized carbons (Fsp3) is 0.438. The number of hydrogen-bond donors (Lipinski definition) is 2. The predicted molar refractivity (Wildman–Crippen MR) is 76.3 cm³/mol. The Balaban J connectivity index is 2.63. The van der Waals surface area contributed by atoms with E-state index >= 15 is 0 Å². The van der Waals surface area contributed by atoms with Crippen molar-refractivity contribution >= 4 is 5.91 Å². The minimum absolute atomic E-state index is 0.0317. The Morgan fingerprint density at radius 2 is 2.11 bits per heavy atom. The Morgan fingerprint density at radius 3 is 2.74 bits per heavy atom. The normalized spacial score (nSPS) is 10.5. The molecule has 0 spiro atoms. The van der Waals surface area contributed by atoms with E-state index < -0.39 is 0 Å². The first-order valence-electron chi connectivity index (χ1n) is 6.40. The number of hydrogen-bond acceptors (Lipinski definition) is 2. The number of carbonyl (C=O) groups excluding carboxylic acids is 1. The molecular formula is C16H21NO2. The fourth-order valence-corrected chi connectivity index (χ4v) is 1.43. The number of amides is 1. The van der Waals surface area contributed by atoms with Crippen LogP contribution in [0.2, 0.25) is 0 Å². The van der Waals surface area contributed by atoms with E-state index in [0.717, 1.165) is 11.1 Å². The van der Waals surface area contributed by atoms with Crippen LogP contribution in [0.1, 0.15) is 38.3 Å². The molecule has 0 heterocycles. The van der Waals surface area contributed by atoms with Gasteiger partial charge in [-0.3, -0.25) is 4.79 Å². The monoisotopic (exact) mass is 259 g/mol. The van der Waals surface area contributed by atoms with Gasteiger partial charge in [0.05, 0.1) is 6.61 Å². The molecule has 0 aliphatic rings. The lowest BCUT2D eigenvalue weighted by Crippen LogP contribution is -2.34. The number of aliphatic hydroxyl groups is 1. The summed E-state index contributed by atoms with van der Waals surface area (Å²) in [5.74, 6) is 5.89. The van der Waals surface area contributed by atoms with Crippen molar-refractivity contribution < 1.29 is 9.90 Å². The van der Waals surface area contributed by atoms with Crippen molar-refractivity contribution in [3.8, 4) is 11.8 Å². The van der Waals surface area contributed by atoms with Gasteiger partial charge in [-0.15, -0.1) is 0 Å². The minimum atomic E-state index is -0.376. The molecule has 0 saturated carbocycles. The summed E-state index contributed by atoms with van der Waals surface area (Å²) in [5.41, 5.74) is 1.54. The van der Waals surface area contributed by atoms with Crippen molar-refractivity contribution in [2.45, 2.75) is 33.7 Å². The Bertz CT molecular complexity index is 489. The van der Waals surface area contributed by atoms with Gasteiger partial charge < -0.3 is 10.4 Å². The number of benzene rings is 1. The van der Waals surface area contributed by atoms with Crippen molar-refractivity contribution in [2.75, 3.05) is 6.61 Å². The lowest BCUT2D eigenvalue weighted by molar-refractivity contribution is -0.128. The first-order chi connectivity index (χ1) is 8.93. The number of nitrogens with one attached hydrogen (secondary N) is 1. The van der Waals surface area contributed by atoms with E-state index in [-0.39, 0.29) is 17.9 Å². The Kier molecular flexibility index (Phi) is 5.59. The van der Waals surface area contributed by atoms with E-state index in [1.807, 2.05) is 45.0 Å². The maximum Gasteiger partial charge on any atom is 0.225 e. The maximum atomic E-state index is 11.8. The molecule has 3 heteroatoms. The zero-order valence-electron chi connectivity index (χ0n) is 11.8. The number of rotatable bonds is 3. The summed E-state index contributed by atoms with van der Waals surface area (Å²) in [6, 6.07) is 7.74. The molecule has 102 valence electrons. The van der Waals surface area contributed by atoms with Gasteiger partial charge in [-0.25, -0.2) is 0 Å². The summed E-state index contributed by atoms with van der Waals surface area (Å²) in [5, 5.41) is 11.6. The molecule has 1 aromatic rings. The van der Waals surface area contributed by atoms with Gasteiger partial charge in [0, 0.05) is 23.9 Å². The van der Waals surface area contributed by atoms with Crippen molar-refractivity contribution in [1.82, 2.24) is 5.32 Å². The van der Waals surface area contributed by atoms with Gasteiger partial charge in [0.2, 0.25) is 5.91 Å². The zero-order valence-corrected chi connectivity index (χ0v) is 11.8. The van der Waals surface area contributed by atoms with Crippen LogP contribution >= 0.6 is 0 Å². The standard InChI is InChI=1S/C16H21NO2/c1-16(2,3)15(19)17-12-14-9-6-8-13(11-14)7-4-5-10-18/h6,8-9,11,18H,5,10,12H2,1-3H3,(H,17,19). The summed E-state index contributed by atoms with van der Waals surface area (Å²) < 4.78 is 0. The molecule has 1 rings (SSSR count). The first-order valence-corrected chi connectivity index (χ1v) is 6.40. The number of carbonyl (C=O) groups is 1. The molecule has 0 saturated heterocycles. The second-order valence-corrected chi connectivity index (χ2v) is 5.41. The lowest BCUT2D eigenvalue weighted by Gasteiger charge is -2.17.